The van der Waals surface area contributed by atoms with Gasteiger partial charge in [0.15, 0.2) is 0 Å². The molecule has 1 unspecified atom stereocenters. The number of carbonyl (C=O) groups is 1. The molecule has 144 valence electrons. The molecular formula is C23H30N2O2. The van der Waals surface area contributed by atoms with Crippen molar-refractivity contribution in [3.8, 4) is 5.75 Å². The van der Waals surface area contributed by atoms with Crippen molar-refractivity contribution in [3.05, 3.63) is 65.7 Å². The van der Waals surface area contributed by atoms with Gasteiger partial charge in [-0.2, -0.15) is 0 Å². The molecule has 1 N–H and O–H groups in total. The van der Waals surface area contributed by atoms with Gasteiger partial charge in [0, 0.05) is 24.7 Å². The monoisotopic (exact) mass is 366 g/mol. The number of hydrogen-bond acceptors (Lipinski definition) is 3. The highest BCUT2D eigenvalue weighted by Gasteiger charge is 2.22. The summed E-state index contributed by atoms with van der Waals surface area (Å²) in [6.45, 7) is 8.00. The lowest BCUT2D eigenvalue weighted by molar-refractivity contribution is 0.0922. The smallest absolute Gasteiger partial charge is 0.251 e. The molecule has 0 saturated carbocycles. The zero-order chi connectivity index (χ0) is 19.1. The van der Waals surface area contributed by atoms with E-state index in [2.05, 4.69) is 24.1 Å². The van der Waals surface area contributed by atoms with Crippen LogP contribution in [0.3, 0.4) is 0 Å². The molecule has 1 aliphatic rings. The molecule has 3 rings (SSSR count). The molecule has 4 heteroatoms. The summed E-state index contributed by atoms with van der Waals surface area (Å²) in [5.74, 6) is 1.31. The molecule has 27 heavy (non-hydrogen) atoms. The first-order valence-electron chi connectivity index (χ1n) is 9.91. The highest BCUT2D eigenvalue weighted by Crippen LogP contribution is 2.18. The number of likely N-dealkylation sites (tertiary alicyclic amines) is 1. The molecule has 1 fully saturated rings. The zero-order valence-electron chi connectivity index (χ0n) is 16.4. The van der Waals surface area contributed by atoms with E-state index in [1.54, 1.807) is 0 Å². The van der Waals surface area contributed by atoms with Crippen LogP contribution in [-0.2, 0) is 6.61 Å². The molecule has 1 heterocycles. The highest BCUT2D eigenvalue weighted by molar-refractivity contribution is 5.94. The largest absolute Gasteiger partial charge is 0.489 e. The van der Waals surface area contributed by atoms with Crippen LogP contribution >= 0.6 is 0 Å². The van der Waals surface area contributed by atoms with Gasteiger partial charge in [0.25, 0.3) is 5.91 Å². The topological polar surface area (TPSA) is 41.6 Å². The van der Waals surface area contributed by atoms with Crippen molar-refractivity contribution < 1.29 is 9.53 Å². The lowest BCUT2D eigenvalue weighted by Crippen LogP contribution is -2.43. The molecule has 0 aliphatic carbocycles. The van der Waals surface area contributed by atoms with Crippen LogP contribution in [0.5, 0.6) is 5.75 Å². The van der Waals surface area contributed by atoms with Gasteiger partial charge in [0.1, 0.15) is 12.4 Å². The van der Waals surface area contributed by atoms with E-state index in [4.69, 9.17) is 4.74 Å². The fraction of sp³-hybridized carbons (Fsp3) is 0.435. The molecule has 0 spiro atoms. The summed E-state index contributed by atoms with van der Waals surface area (Å²) < 4.78 is 5.78. The predicted octanol–water partition coefficient (Wildman–Crippen LogP) is 4.12. The first kappa shape index (κ1) is 19.4. The Kier molecular flexibility index (Phi) is 6.88. The Morgan fingerprint density at radius 1 is 1.15 bits per heavy atom. The average molecular weight is 367 g/mol. The fourth-order valence-electron chi connectivity index (χ4n) is 3.52. The van der Waals surface area contributed by atoms with Crippen LogP contribution in [0.15, 0.2) is 54.6 Å². The van der Waals surface area contributed by atoms with Gasteiger partial charge in [-0.05, 0) is 69.0 Å². The molecule has 0 aromatic heterocycles. The zero-order valence-corrected chi connectivity index (χ0v) is 16.4. The lowest BCUT2D eigenvalue weighted by atomic mass is 9.97. The molecule has 2 aromatic carbocycles. The quantitative estimate of drug-likeness (QED) is 0.802. The van der Waals surface area contributed by atoms with Crippen LogP contribution in [-0.4, -0.2) is 36.5 Å². The van der Waals surface area contributed by atoms with Crippen LogP contribution in [0.4, 0.5) is 0 Å². The molecule has 1 atom stereocenters. The lowest BCUT2D eigenvalue weighted by Gasteiger charge is -2.35. The SMILES string of the molecule is CC(C)N1CCCC(CNC(=O)c2ccc(OCc3ccccc3)cc2)C1. The van der Waals surface area contributed by atoms with E-state index in [1.807, 2.05) is 54.6 Å². The number of benzene rings is 2. The molecule has 0 radical (unpaired) electrons. The normalized spacial score (nSPS) is 17.7. The Hall–Kier alpha value is -2.33. The third-order valence-corrected chi connectivity index (χ3v) is 5.20. The van der Waals surface area contributed by atoms with Crippen molar-refractivity contribution in [1.82, 2.24) is 10.2 Å². The molecule has 0 bridgehead atoms. The highest BCUT2D eigenvalue weighted by atomic mass is 16.5. The maximum absolute atomic E-state index is 12.4. The van der Waals surface area contributed by atoms with E-state index >= 15 is 0 Å². The molecule has 2 aromatic rings. The Morgan fingerprint density at radius 3 is 2.59 bits per heavy atom. The van der Waals surface area contributed by atoms with E-state index in [9.17, 15) is 4.79 Å². The van der Waals surface area contributed by atoms with Crippen LogP contribution in [0.25, 0.3) is 0 Å². The first-order chi connectivity index (χ1) is 13.1. The van der Waals surface area contributed by atoms with Crippen molar-refractivity contribution >= 4 is 5.91 Å². The second-order valence-electron chi connectivity index (χ2n) is 7.61. The Morgan fingerprint density at radius 2 is 1.89 bits per heavy atom. The first-order valence-corrected chi connectivity index (χ1v) is 9.91. The van der Waals surface area contributed by atoms with Gasteiger partial charge in [-0.1, -0.05) is 30.3 Å². The van der Waals surface area contributed by atoms with Crippen LogP contribution < -0.4 is 10.1 Å². The number of carbonyl (C=O) groups excluding carboxylic acids is 1. The number of nitrogens with zero attached hydrogens (tertiary/aromatic N) is 1. The number of amides is 1. The van der Waals surface area contributed by atoms with Crippen molar-refractivity contribution in [3.63, 3.8) is 0 Å². The maximum atomic E-state index is 12.4. The van der Waals surface area contributed by atoms with Gasteiger partial charge < -0.3 is 15.0 Å². The van der Waals surface area contributed by atoms with Crippen molar-refractivity contribution in [2.45, 2.75) is 39.3 Å². The van der Waals surface area contributed by atoms with Gasteiger partial charge in [-0.25, -0.2) is 0 Å². The standard InChI is InChI=1S/C23H30N2O2/c1-18(2)25-14-6-9-20(16-25)15-24-23(26)21-10-12-22(13-11-21)27-17-19-7-4-3-5-8-19/h3-5,7-8,10-13,18,20H,6,9,14-17H2,1-2H3,(H,24,26). The van der Waals surface area contributed by atoms with Crippen LogP contribution in [0.1, 0.15) is 42.6 Å². The maximum Gasteiger partial charge on any atom is 0.251 e. The average Bonchev–Trinajstić information content (AvgIpc) is 2.72. The summed E-state index contributed by atoms with van der Waals surface area (Å²) in [6.07, 6.45) is 2.40. The van der Waals surface area contributed by atoms with Gasteiger partial charge in [-0.3, -0.25) is 4.79 Å². The second kappa shape index (κ2) is 9.56. The summed E-state index contributed by atoms with van der Waals surface area (Å²) >= 11 is 0. The third kappa shape index (κ3) is 5.83. The Bertz CT molecular complexity index is 713. The Balaban J connectivity index is 1.46. The second-order valence-corrected chi connectivity index (χ2v) is 7.61. The van der Waals surface area contributed by atoms with Gasteiger partial charge >= 0.3 is 0 Å². The van der Waals surface area contributed by atoms with E-state index in [0.29, 0.717) is 24.1 Å². The molecular weight excluding hydrogens is 336 g/mol. The van der Waals surface area contributed by atoms with E-state index in [0.717, 1.165) is 24.4 Å². The number of ether oxygens (including phenoxy) is 1. The van der Waals surface area contributed by atoms with Crippen molar-refractivity contribution in [1.29, 1.82) is 0 Å². The Labute approximate surface area is 162 Å². The minimum absolute atomic E-state index is 0.00807. The summed E-state index contributed by atoms with van der Waals surface area (Å²) in [5, 5.41) is 3.10. The molecule has 1 saturated heterocycles. The summed E-state index contributed by atoms with van der Waals surface area (Å²) in [7, 11) is 0. The molecule has 1 amide bonds. The third-order valence-electron chi connectivity index (χ3n) is 5.20. The minimum Gasteiger partial charge on any atom is -0.489 e. The van der Waals surface area contributed by atoms with Gasteiger partial charge in [0.05, 0.1) is 0 Å². The summed E-state index contributed by atoms with van der Waals surface area (Å²) in [5.41, 5.74) is 1.81. The predicted molar refractivity (Wildman–Crippen MR) is 109 cm³/mol. The molecule has 4 nitrogen and oxygen atoms in total. The summed E-state index contributed by atoms with van der Waals surface area (Å²) in [4.78, 5) is 14.9. The number of piperidine rings is 1. The van der Waals surface area contributed by atoms with Crippen LogP contribution in [0, 0.1) is 5.92 Å². The van der Waals surface area contributed by atoms with E-state index in [-0.39, 0.29) is 5.91 Å². The molecule has 1 aliphatic heterocycles. The van der Waals surface area contributed by atoms with Gasteiger partial charge in [0.2, 0.25) is 0 Å². The number of hydrogen-bond donors (Lipinski definition) is 1. The van der Waals surface area contributed by atoms with E-state index in [1.165, 1.54) is 19.4 Å². The van der Waals surface area contributed by atoms with Crippen LogP contribution in [0.2, 0.25) is 0 Å². The van der Waals surface area contributed by atoms with Crippen molar-refractivity contribution in [2.75, 3.05) is 19.6 Å². The van der Waals surface area contributed by atoms with Gasteiger partial charge in [-0.15, -0.1) is 0 Å². The number of nitrogens with one attached hydrogen (secondary N) is 1. The van der Waals surface area contributed by atoms with Crippen molar-refractivity contribution in [2.24, 2.45) is 5.92 Å². The van der Waals surface area contributed by atoms with E-state index < -0.39 is 0 Å². The summed E-state index contributed by atoms with van der Waals surface area (Å²) in [6, 6.07) is 18.0. The minimum atomic E-state index is -0.00807. The number of rotatable bonds is 7. The fourth-order valence-corrected chi connectivity index (χ4v) is 3.52.